The van der Waals surface area contributed by atoms with Gasteiger partial charge in [-0.25, -0.2) is 4.68 Å². The molecule has 1 N–H and O–H groups in total. The van der Waals surface area contributed by atoms with E-state index >= 15 is 0 Å². The molecule has 1 atom stereocenters. The molecule has 0 saturated carbocycles. The van der Waals surface area contributed by atoms with Gasteiger partial charge in [-0.15, -0.1) is 5.10 Å². The van der Waals surface area contributed by atoms with E-state index in [1.807, 2.05) is 31.2 Å². The van der Waals surface area contributed by atoms with Crippen LogP contribution >= 0.6 is 0 Å². The van der Waals surface area contributed by atoms with Crippen molar-refractivity contribution in [2.45, 2.75) is 19.3 Å². The number of tetrazole rings is 1. The number of carboxylic acid groups (broad SMARTS) is 1. The van der Waals surface area contributed by atoms with Gasteiger partial charge in [0.2, 0.25) is 0 Å². The number of benzene rings is 1. The number of hydrogen-bond donors (Lipinski definition) is 1. The number of aryl methyl sites for hydroxylation is 2. The Kier molecular flexibility index (Phi) is 3.36. The van der Waals surface area contributed by atoms with Crippen LogP contribution in [-0.4, -0.2) is 31.3 Å². The van der Waals surface area contributed by atoms with E-state index in [1.165, 1.54) is 4.68 Å². The van der Waals surface area contributed by atoms with Crippen LogP contribution < -0.4 is 0 Å². The van der Waals surface area contributed by atoms with Gasteiger partial charge in [0.05, 0.1) is 0 Å². The Morgan fingerprint density at radius 2 is 2.17 bits per heavy atom. The molecular formula is C12H14N4O2. The van der Waals surface area contributed by atoms with Crippen molar-refractivity contribution in [3.05, 3.63) is 41.2 Å². The van der Waals surface area contributed by atoms with Gasteiger partial charge in [-0.1, -0.05) is 24.3 Å². The number of rotatable bonds is 4. The minimum Gasteiger partial charge on any atom is -0.481 e. The summed E-state index contributed by atoms with van der Waals surface area (Å²) in [6.07, 6.45) is 0.385. The number of carbonyl (C=O) groups is 1. The van der Waals surface area contributed by atoms with E-state index in [0.29, 0.717) is 12.2 Å². The summed E-state index contributed by atoms with van der Waals surface area (Å²) in [6.45, 7) is 1.96. The smallest absolute Gasteiger partial charge is 0.314 e. The molecule has 6 heteroatoms. The molecule has 18 heavy (non-hydrogen) atoms. The van der Waals surface area contributed by atoms with Crippen LogP contribution in [0, 0.1) is 6.92 Å². The highest BCUT2D eigenvalue weighted by Crippen LogP contribution is 2.20. The zero-order valence-electron chi connectivity index (χ0n) is 10.2. The second-order valence-electron chi connectivity index (χ2n) is 4.18. The number of nitrogens with zero attached hydrogens (tertiary/aromatic N) is 4. The van der Waals surface area contributed by atoms with Gasteiger partial charge >= 0.3 is 5.97 Å². The molecule has 0 saturated heterocycles. The molecule has 0 amide bonds. The molecule has 6 nitrogen and oxygen atoms in total. The summed E-state index contributed by atoms with van der Waals surface area (Å²) in [5.74, 6) is -1.28. The van der Waals surface area contributed by atoms with Crippen molar-refractivity contribution in [2.75, 3.05) is 0 Å². The SMILES string of the molecule is Cc1ccccc1CC(C(=O)O)c1nnnn1C. The Labute approximate surface area is 104 Å². The van der Waals surface area contributed by atoms with Crippen LogP contribution in [0.4, 0.5) is 0 Å². The Morgan fingerprint density at radius 3 is 2.72 bits per heavy atom. The fourth-order valence-corrected chi connectivity index (χ4v) is 1.88. The topological polar surface area (TPSA) is 80.9 Å². The molecule has 0 bridgehead atoms. The van der Waals surface area contributed by atoms with Crippen LogP contribution in [0.1, 0.15) is 22.9 Å². The van der Waals surface area contributed by atoms with E-state index in [2.05, 4.69) is 15.5 Å². The van der Waals surface area contributed by atoms with Gasteiger partial charge in [0.25, 0.3) is 0 Å². The predicted octanol–water partition coefficient (Wildman–Crippen LogP) is 0.929. The van der Waals surface area contributed by atoms with E-state index in [1.54, 1.807) is 7.05 Å². The second kappa shape index (κ2) is 4.95. The summed E-state index contributed by atoms with van der Waals surface area (Å²) < 4.78 is 1.40. The molecule has 2 rings (SSSR count). The molecule has 2 aromatic rings. The first-order chi connectivity index (χ1) is 8.59. The summed E-state index contributed by atoms with van der Waals surface area (Å²) in [5.41, 5.74) is 2.06. The maximum atomic E-state index is 11.4. The lowest BCUT2D eigenvalue weighted by molar-refractivity contribution is -0.139. The molecule has 1 aromatic carbocycles. The van der Waals surface area contributed by atoms with E-state index in [0.717, 1.165) is 11.1 Å². The lowest BCUT2D eigenvalue weighted by Gasteiger charge is -2.12. The average molecular weight is 246 g/mol. The average Bonchev–Trinajstić information content (AvgIpc) is 2.74. The van der Waals surface area contributed by atoms with E-state index in [9.17, 15) is 9.90 Å². The minimum absolute atomic E-state index is 0.366. The van der Waals surface area contributed by atoms with E-state index in [4.69, 9.17) is 0 Å². The summed E-state index contributed by atoms with van der Waals surface area (Å²) in [5, 5.41) is 20.3. The molecule has 0 radical (unpaired) electrons. The summed E-state index contributed by atoms with van der Waals surface area (Å²) in [4.78, 5) is 11.4. The molecular weight excluding hydrogens is 232 g/mol. The third kappa shape index (κ3) is 2.37. The van der Waals surface area contributed by atoms with E-state index in [-0.39, 0.29) is 0 Å². The fraction of sp³-hybridized carbons (Fsp3) is 0.333. The lowest BCUT2D eigenvalue weighted by atomic mass is 9.95. The largest absolute Gasteiger partial charge is 0.481 e. The van der Waals surface area contributed by atoms with Crippen molar-refractivity contribution in [1.29, 1.82) is 0 Å². The molecule has 1 unspecified atom stereocenters. The quantitative estimate of drug-likeness (QED) is 0.867. The fourth-order valence-electron chi connectivity index (χ4n) is 1.88. The highest BCUT2D eigenvalue weighted by Gasteiger charge is 2.26. The second-order valence-corrected chi connectivity index (χ2v) is 4.18. The molecule has 0 spiro atoms. The molecule has 1 heterocycles. The van der Waals surface area contributed by atoms with Gasteiger partial charge in [0, 0.05) is 7.05 Å². The third-order valence-corrected chi connectivity index (χ3v) is 2.95. The van der Waals surface area contributed by atoms with Crippen LogP contribution in [0.5, 0.6) is 0 Å². The monoisotopic (exact) mass is 246 g/mol. The minimum atomic E-state index is -0.920. The Balaban J connectivity index is 2.31. The van der Waals surface area contributed by atoms with Gasteiger partial charge in [-0.05, 0) is 34.9 Å². The summed E-state index contributed by atoms with van der Waals surface area (Å²) in [7, 11) is 1.64. The van der Waals surface area contributed by atoms with Crippen molar-refractivity contribution in [3.8, 4) is 0 Å². The molecule has 1 aromatic heterocycles. The Hall–Kier alpha value is -2.24. The Bertz CT molecular complexity index is 565. The standard InChI is InChI=1S/C12H14N4O2/c1-8-5-3-4-6-9(8)7-10(12(17)18)11-13-14-15-16(11)2/h3-6,10H,7H2,1-2H3,(H,17,18). The van der Waals surface area contributed by atoms with Gasteiger partial charge in [-0.2, -0.15) is 0 Å². The first-order valence-corrected chi connectivity index (χ1v) is 5.59. The lowest BCUT2D eigenvalue weighted by Crippen LogP contribution is -2.19. The van der Waals surface area contributed by atoms with Crippen LogP contribution in [0.2, 0.25) is 0 Å². The zero-order chi connectivity index (χ0) is 13.1. The summed E-state index contributed by atoms with van der Waals surface area (Å²) >= 11 is 0. The molecule has 0 fully saturated rings. The number of aromatic nitrogens is 4. The van der Waals surface area contributed by atoms with Crippen LogP contribution in [-0.2, 0) is 18.3 Å². The van der Waals surface area contributed by atoms with Gasteiger partial charge in [-0.3, -0.25) is 4.79 Å². The van der Waals surface area contributed by atoms with Crippen molar-refractivity contribution < 1.29 is 9.90 Å². The highest BCUT2D eigenvalue weighted by atomic mass is 16.4. The predicted molar refractivity (Wildman–Crippen MR) is 64.1 cm³/mol. The van der Waals surface area contributed by atoms with Crippen molar-refractivity contribution >= 4 is 5.97 Å². The molecule has 94 valence electrons. The van der Waals surface area contributed by atoms with Crippen molar-refractivity contribution in [2.24, 2.45) is 7.05 Å². The van der Waals surface area contributed by atoms with Crippen LogP contribution in [0.15, 0.2) is 24.3 Å². The Morgan fingerprint density at radius 1 is 1.44 bits per heavy atom. The molecule has 0 aliphatic carbocycles. The van der Waals surface area contributed by atoms with E-state index < -0.39 is 11.9 Å². The third-order valence-electron chi connectivity index (χ3n) is 2.95. The number of hydrogen-bond acceptors (Lipinski definition) is 4. The van der Waals surface area contributed by atoms with Gasteiger partial charge < -0.3 is 5.11 Å². The van der Waals surface area contributed by atoms with Gasteiger partial charge in [0.15, 0.2) is 5.82 Å². The first kappa shape index (κ1) is 12.2. The normalized spacial score (nSPS) is 12.3. The maximum Gasteiger partial charge on any atom is 0.314 e. The number of carboxylic acids is 1. The highest BCUT2D eigenvalue weighted by molar-refractivity contribution is 5.75. The van der Waals surface area contributed by atoms with Crippen LogP contribution in [0.25, 0.3) is 0 Å². The first-order valence-electron chi connectivity index (χ1n) is 5.59. The molecule has 0 aliphatic heterocycles. The van der Waals surface area contributed by atoms with Crippen molar-refractivity contribution in [3.63, 3.8) is 0 Å². The van der Waals surface area contributed by atoms with Crippen LogP contribution in [0.3, 0.4) is 0 Å². The zero-order valence-corrected chi connectivity index (χ0v) is 10.2. The number of aliphatic carboxylic acids is 1. The maximum absolute atomic E-state index is 11.4. The molecule has 0 aliphatic rings. The van der Waals surface area contributed by atoms with Crippen molar-refractivity contribution in [1.82, 2.24) is 20.2 Å². The summed E-state index contributed by atoms with van der Waals surface area (Å²) in [6, 6.07) is 7.72. The van der Waals surface area contributed by atoms with Gasteiger partial charge in [0.1, 0.15) is 5.92 Å².